The van der Waals surface area contributed by atoms with E-state index in [2.05, 4.69) is 20.8 Å². The van der Waals surface area contributed by atoms with Gasteiger partial charge in [-0.25, -0.2) is 0 Å². The van der Waals surface area contributed by atoms with Crippen LogP contribution in [0.2, 0.25) is 0 Å². The van der Waals surface area contributed by atoms with Crippen molar-refractivity contribution in [1.29, 1.82) is 0 Å². The van der Waals surface area contributed by atoms with Gasteiger partial charge < -0.3 is 15.4 Å². The molecule has 1 aromatic rings. The van der Waals surface area contributed by atoms with Crippen LogP contribution in [0, 0.1) is 0 Å². The van der Waals surface area contributed by atoms with Gasteiger partial charge in [-0.2, -0.15) is 0 Å². The first-order chi connectivity index (χ1) is 6.72. The molecule has 1 aromatic carbocycles. The molecule has 0 amide bonds. The molecule has 3 nitrogen and oxygen atoms in total. The molecule has 76 valence electrons. The highest BCUT2D eigenvalue weighted by atomic mass is 79.9. The third-order valence-electron chi connectivity index (χ3n) is 2.55. The summed E-state index contributed by atoms with van der Waals surface area (Å²) in [6.07, 6.45) is 0. The number of fused-ring (bicyclic) bond motifs is 1. The van der Waals surface area contributed by atoms with Crippen LogP contribution in [0.1, 0.15) is 0 Å². The number of hydrogen-bond acceptors (Lipinski definition) is 3. The number of nitrogens with two attached hydrogens (primary N) is 1. The molecule has 0 radical (unpaired) electrons. The zero-order chi connectivity index (χ0) is 10.1. The van der Waals surface area contributed by atoms with E-state index in [4.69, 9.17) is 10.5 Å². The van der Waals surface area contributed by atoms with Crippen LogP contribution in [0.15, 0.2) is 22.7 Å². The second-order valence-corrected chi connectivity index (χ2v) is 4.34. The Bertz CT molecular complexity index is 343. The lowest BCUT2D eigenvalue weighted by Gasteiger charge is -2.35. The summed E-state index contributed by atoms with van der Waals surface area (Å²) in [6, 6.07) is 6.32. The topological polar surface area (TPSA) is 38.5 Å². The van der Waals surface area contributed by atoms with Gasteiger partial charge in [-0.15, -0.1) is 0 Å². The third-order valence-corrected chi connectivity index (χ3v) is 3.05. The largest absolute Gasteiger partial charge is 0.489 e. The number of hydrogen-bond donors (Lipinski definition) is 1. The minimum atomic E-state index is 0.281. The average molecular weight is 257 g/mol. The number of rotatable bonds is 1. The molecular formula is C10H13BrN2O. The number of benzene rings is 1. The summed E-state index contributed by atoms with van der Waals surface area (Å²) in [6.45, 7) is 1.28. The molecule has 0 bridgehead atoms. The number of ether oxygens (including phenoxy) is 1. The standard InChI is InChI=1S/C10H13BrN2O/c1-13-8(5-12)6-14-10-4-7(11)2-3-9(10)13/h2-4,8H,5-6,12H2,1H3. The highest BCUT2D eigenvalue weighted by Crippen LogP contribution is 2.34. The molecule has 4 heteroatoms. The van der Waals surface area contributed by atoms with Crippen LogP contribution < -0.4 is 15.4 Å². The Morgan fingerprint density at radius 2 is 2.43 bits per heavy atom. The summed E-state index contributed by atoms with van der Waals surface area (Å²) >= 11 is 3.42. The van der Waals surface area contributed by atoms with Gasteiger partial charge in [0, 0.05) is 18.1 Å². The van der Waals surface area contributed by atoms with Crippen molar-refractivity contribution in [2.75, 3.05) is 25.1 Å². The van der Waals surface area contributed by atoms with E-state index in [1.54, 1.807) is 0 Å². The van der Waals surface area contributed by atoms with Gasteiger partial charge in [-0.3, -0.25) is 0 Å². The van der Waals surface area contributed by atoms with E-state index in [1.807, 2.05) is 25.2 Å². The molecule has 1 heterocycles. The van der Waals surface area contributed by atoms with E-state index in [9.17, 15) is 0 Å². The predicted octanol–water partition coefficient (Wildman–Crippen LogP) is 1.60. The maximum Gasteiger partial charge on any atom is 0.143 e. The number of likely N-dealkylation sites (N-methyl/N-ethyl adjacent to an activating group) is 1. The van der Waals surface area contributed by atoms with Crippen molar-refractivity contribution in [3.05, 3.63) is 22.7 Å². The fraction of sp³-hybridized carbons (Fsp3) is 0.400. The zero-order valence-corrected chi connectivity index (χ0v) is 9.62. The smallest absolute Gasteiger partial charge is 0.143 e. The van der Waals surface area contributed by atoms with Crippen molar-refractivity contribution in [1.82, 2.24) is 0 Å². The fourth-order valence-corrected chi connectivity index (χ4v) is 1.96. The number of nitrogens with zero attached hydrogens (tertiary/aromatic N) is 1. The summed E-state index contributed by atoms with van der Waals surface area (Å²) in [7, 11) is 2.05. The van der Waals surface area contributed by atoms with Crippen LogP contribution in [0.25, 0.3) is 0 Å². The zero-order valence-electron chi connectivity index (χ0n) is 8.03. The van der Waals surface area contributed by atoms with E-state index in [-0.39, 0.29) is 6.04 Å². The number of anilines is 1. The van der Waals surface area contributed by atoms with E-state index in [1.165, 1.54) is 0 Å². The highest BCUT2D eigenvalue weighted by Gasteiger charge is 2.23. The molecule has 1 atom stereocenters. The molecule has 2 rings (SSSR count). The molecule has 1 aliphatic rings. The summed E-state index contributed by atoms with van der Waals surface area (Å²) in [4.78, 5) is 2.17. The van der Waals surface area contributed by atoms with E-state index >= 15 is 0 Å². The van der Waals surface area contributed by atoms with Crippen molar-refractivity contribution in [3.8, 4) is 5.75 Å². The lowest BCUT2D eigenvalue weighted by Crippen LogP contribution is -2.45. The van der Waals surface area contributed by atoms with Gasteiger partial charge in [0.2, 0.25) is 0 Å². The predicted molar refractivity (Wildman–Crippen MR) is 60.9 cm³/mol. The van der Waals surface area contributed by atoms with Crippen molar-refractivity contribution < 1.29 is 4.74 Å². The quantitative estimate of drug-likeness (QED) is 0.830. The lowest BCUT2D eigenvalue weighted by atomic mass is 10.2. The fourth-order valence-electron chi connectivity index (χ4n) is 1.62. The molecule has 0 saturated heterocycles. The SMILES string of the molecule is CN1c2ccc(Br)cc2OCC1CN. The average Bonchev–Trinajstić information content (AvgIpc) is 2.18. The van der Waals surface area contributed by atoms with Gasteiger partial charge >= 0.3 is 0 Å². The summed E-state index contributed by atoms with van der Waals surface area (Å²) < 4.78 is 6.66. The molecule has 0 saturated carbocycles. The molecule has 0 aromatic heterocycles. The Labute approximate surface area is 92.0 Å². The van der Waals surface area contributed by atoms with Crippen molar-refractivity contribution in [3.63, 3.8) is 0 Å². The van der Waals surface area contributed by atoms with Gasteiger partial charge in [0.15, 0.2) is 0 Å². The van der Waals surface area contributed by atoms with Crippen LogP contribution in [0.3, 0.4) is 0 Å². The highest BCUT2D eigenvalue weighted by molar-refractivity contribution is 9.10. The minimum Gasteiger partial charge on any atom is -0.489 e. The first-order valence-electron chi connectivity index (χ1n) is 4.57. The maximum absolute atomic E-state index is 5.65. The summed E-state index contributed by atoms with van der Waals surface area (Å²) in [5.41, 5.74) is 6.76. The van der Waals surface area contributed by atoms with Gasteiger partial charge in [-0.1, -0.05) is 15.9 Å². The van der Waals surface area contributed by atoms with E-state index < -0.39 is 0 Å². The Morgan fingerprint density at radius 3 is 3.14 bits per heavy atom. The Morgan fingerprint density at radius 1 is 1.64 bits per heavy atom. The molecular weight excluding hydrogens is 244 g/mol. The van der Waals surface area contributed by atoms with E-state index in [0.29, 0.717) is 13.2 Å². The van der Waals surface area contributed by atoms with Crippen molar-refractivity contribution in [2.24, 2.45) is 5.73 Å². The van der Waals surface area contributed by atoms with Crippen molar-refractivity contribution >= 4 is 21.6 Å². The van der Waals surface area contributed by atoms with Crippen LogP contribution in [-0.4, -0.2) is 26.2 Å². The maximum atomic E-state index is 5.65. The minimum absolute atomic E-state index is 0.281. The monoisotopic (exact) mass is 256 g/mol. The van der Waals surface area contributed by atoms with Crippen molar-refractivity contribution in [2.45, 2.75) is 6.04 Å². The molecule has 2 N–H and O–H groups in total. The van der Waals surface area contributed by atoms with Gasteiger partial charge in [0.05, 0.1) is 11.7 Å². The summed E-state index contributed by atoms with van der Waals surface area (Å²) in [5, 5.41) is 0. The van der Waals surface area contributed by atoms with Crippen LogP contribution in [0.5, 0.6) is 5.75 Å². The number of halogens is 1. The van der Waals surface area contributed by atoms with Gasteiger partial charge in [0.1, 0.15) is 12.4 Å². The molecule has 1 unspecified atom stereocenters. The van der Waals surface area contributed by atoms with E-state index in [0.717, 1.165) is 15.9 Å². The van der Waals surface area contributed by atoms with Gasteiger partial charge in [0.25, 0.3) is 0 Å². The molecule has 1 aliphatic heterocycles. The molecule has 0 spiro atoms. The molecule has 0 fully saturated rings. The Hall–Kier alpha value is -0.740. The first kappa shape index (κ1) is 9.80. The van der Waals surface area contributed by atoms with Gasteiger partial charge in [-0.05, 0) is 18.2 Å². The third kappa shape index (κ3) is 1.60. The van der Waals surface area contributed by atoms with Crippen LogP contribution in [0.4, 0.5) is 5.69 Å². The molecule has 0 aliphatic carbocycles. The lowest BCUT2D eigenvalue weighted by molar-refractivity contribution is 0.269. The summed E-state index contributed by atoms with van der Waals surface area (Å²) in [5.74, 6) is 0.923. The Kier molecular flexibility index (Phi) is 2.65. The first-order valence-corrected chi connectivity index (χ1v) is 5.37. The normalized spacial score (nSPS) is 20.2. The second-order valence-electron chi connectivity index (χ2n) is 3.42. The second kappa shape index (κ2) is 3.79. The van der Waals surface area contributed by atoms with Crippen LogP contribution >= 0.6 is 15.9 Å². The van der Waals surface area contributed by atoms with Crippen LogP contribution in [-0.2, 0) is 0 Å². The molecule has 14 heavy (non-hydrogen) atoms. The Balaban J connectivity index is 2.36.